The first-order chi connectivity index (χ1) is 11.0. The molecule has 1 amide bonds. The van der Waals surface area contributed by atoms with E-state index in [1.165, 1.54) is 11.1 Å². The van der Waals surface area contributed by atoms with E-state index in [4.69, 9.17) is 0 Å². The van der Waals surface area contributed by atoms with Crippen LogP contribution in [0.25, 0.3) is 0 Å². The van der Waals surface area contributed by atoms with E-state index in [2.05, 4.69) is 57.2 Å². The standard InChI is InChI=1S/C16H16IN5O/c1-11-5-3-4-6-12(11)9-22-10-13(7-19-22)20-16(23)15-14(17)8-18-21(15)2/h3-8,10H,9H2,1-2H3,(H,20,23). The second kappa shape index (κ2) is 6.53. The van der Waals surface area contributed by atoms with Crippen LogP contribution in [0.4, 0.5) is 5.69 Å². The fourth-order valence-electron chi connectivity index (χ4n) is 2.33. The van der Waals surface area contributed by atoms with Gasteiger partial charge in [0, 0.05) is 13.2 Å². The van der Waals surface area contributed by atoms with Crippen molar-refractivity contribution in [3.05, 3.63) is 63.2 Å². The summed E-state index contributed by atoms with van der Waals surface area (Å²) in [5, 5.41) is 11.2. The number of halogens is 1. The van der Waals surface area contributed by atoms with E-state index in [-0.39, 0.29) is 5.91 Å². The van der Waals surface area contributed by atoms with Crippen molar-refractivity contribution in [2.75, 3.05) is 5.32 Å². The number of nitrogens with zero attached hydrogens (tertiary/aromatic N) is 4. The van der Waals surface area contributed by atoms with Gasteiger partial charge in [0.15, 0.2) is 0 Å². The van der Waals surface area contributed by atoms with Crippen molar-refractivity contribution >= 4 is 34.2 Å². The molecule has 0 fully saturated rings. The summed E-state index contributed by atoms with van der Waals surface area (Å²) in [6, 6.07) is 8.18. The van der Waals surface area contributed by atoms with Crippen molar-refractivity contribution < 1.29 is 4.79 Å². The number of benzene rings is 1. The molecule has 1 N–H and O–H groups in total. The van der Waals surface area contributed by atoms with Crippen molar-refractivity contribution in [1.82, 2.24) is 19.6 Å². The molecule has 6 nitrogen and oxygen atoms in total. The number of carbonyl (C=O) groups excluding carboxylic acids is 1. The summed E-state index contributed by atoms with van der Waals surface area (Å²) < 4.78 is 4.19. The Morgan fingerprint density at radius 3 is 2.74 bits per heavy atom. The zero-order valence-corrected chi connectivity index (χ0v) is 15.0. The van der Waals surface area contributed by atoms with Crippen LogP contribution in [0.3, 0.4) is 0 Å². The predicted octanol–water partition coefficient (Wildman–Crippen LogP) is 2.83. The van der Waals surface area contributed by atoms with E-state index < -0.39 is 0 Å². The molecule has 1 aromatic carbocycles. The van der Waals surface area contributed by atoms with E-state index in [0.717, 1.165) is 3.57 Å². The number of carbonyl (C=O) groups is 1. The van der Waals surface area contributed by atoms with Crippen LogP contribution >= 0.6 is 22.6 Å². The number of aromatic nitrogens is 4. The van der Waals surface area contributed by atoms with E-state index in [9.17, 15) is 4.79 Å². The number of hydrogen-bond acceptors (Lipinski definition) is 3. The molecule has 0 saturated heterocycles. The Bertz CT molecular complexity index is 832. The molecule has 7 heteroatoms. The van der Waals surface area contributed by atoms with Gasteiger partial charge in [-0.2, -0.15) is 10.2 Å². The molecular weight excluding hydrogens is 405 g/mol. The third-order valence-electron chi connectivity index (χ3n) is 3.59. The normalized spacial score (nSPS) is 10.7. The summed E-state index contributed by atoms with van der Waals surface area (Å²) in [5.41, 5.74) is 3.63. The van der Waals surface area contributed by atoms with Crippen molar-refractivity contribution in [2.24, 2.45) is 7.05 Å². The van der Waals surface area contributed by atoms with Gasteiger partial charge in [0.25, 0.3) is 5.91 Å². The van der Waals surface area contributed by atoms with Crippen LogP contribution in [0.15, 0.2) is 42.9 Å². The third-order valence-corrected chi connectivity index (χ3v) is 4.38. The van der Waals surface area contributed by atoms with Crippen LogP contribution in [0, 0.1) is 10.5 Å². The van der Waals surface area contributed by atoms with Gasteiger partial charge in [0.2, 0.25) is 0 Å². The van der Waals surface area contributed by atoms with Gasteiger partial charge in [-0.05, 0) is 40.6 Å². The quantitative estimate of drug-likeness (QED) is 0.660. The van der Waals surface area contributed by atoms with Crippen molar-refractivity contribution in [2.45, 2.75) is 13.5 Å². The summed E-state index contributed by atoms with van der Waals surface area (Å²) in [6.45, 7) is 2.75. The van der Waals surface area contributed by atoms with E-state index in [1.807, 2.05) is 23.0 Å². The minimum Gasteiger partial charge on any atom is -0.318 e. The number of hydrogen-bond donors (Lipinski definition) is 1. The topological polar surface area (TPSA) is 64.7 Å². The second-order valence-electron chi connectivity index (χ2n) is 5.27. The molecule has 0 atom stereocenters. The lowest BCUT2D eigenvalue weighted by Gasteiger charge is -2.05. The minimum atomic E-state index is -0.190. The highest BCUT2D eigenvalue weighted by molar-refractivity contribution is 14.1. The van der Waals surface area contributed by atoms with Crippen LogP contribution < -0.4 is 5.32 Å². The first kappa shape index (κ1) is 15.7. The van der Waals surface area contributed by atoms with Gasteiger partial charge in [0.05, 0.1) is 28.2 Å². The lowest BCUT2D eigenvalue weighted by atomic mass is 10.1. The molecule has 0 aliphatic rings. The van der Waals surface area contributed by atoms with E-state index in [0.29, 0.717) is 17.9 Å². The molecule has 0 aliphatic heterocycles. The fourth-order valence-corrected chi connectivity index (χ4v) is 3.05. The Morgan fingerprint density at radius 2 is 2.04 bits per heavy atom. The maximum absolute atomic E-state index is 12.3. The molecule has 2 heterocycles. The molecular formula is C16H16IN5O. The summed E-state index contributed by atoms with van der Waals surface area (Å²) in [6.07, 6.45) is 5.14. The fraction of sp³-hybridized carbons (Fsp3) is 0.188. The first-order valence-corrected chi connectivity index (χ1v) is 8.18. The summed E-state index contributed by atoms with van der Waals surface area (Å²) in [7, 11) is 1.75. The van der Waals surface area contributed by atoms with E-state index >= 15 is 0 Å². The number of nitrogens with one attached hydrogen (secondary N) is 1. The molecule has 0 aliphatic carbocycles. The average molecular weight is 421 g/mol. The van der Waals surface area contributed by atoms with Gasteiger partial charge in [-0.1, -0.05) is 24.3 Å². The first-order valence-electron chi connectivity index (χ1n) is 7.10. The zero-order chi connectivity index (χ0) is 16.4. The predicted molar refractivity (Wildman–Crippen MR) is 96.4 cm³/mol. The molecule has 23 heavy (non-hydrogen) atoms. The Hall–Kier alpha value is -2.16. The Kier molecular flexibility index (Phi) is 4.46. The molecule has 2 aromatic heterocycles. The second-order valence-corrected chi connectivity index (χ2v) is 6.43. The summed E-state index contributed by atoms with van der Waals surface area (Å²) in [4.78, 5) is 12.3. The van der Waals surface area contributed by atoms with Crippen LogP contribution in [-0.4, -0.2) is 25.5 Å². The Morgan fingerprint density at radius 1 is 1.26 bits per heavy atom. The van der Waals surface area contributed by atoms with Gasteiger partial charge in [-0.3, -0.25) is 14.2 Å². The SMILES string of the molecule is Cc1ccccc1Cn1cc(NC(=O)c2c(I)cnn2C)cn1. The highest BCUT2D eigenvalue weighted by Gasteiger charge is 2.16. The number of aryl methyl sites for hydroxylation is 2. The van der Waals surface area contributed by atoms with Crippen molar-refractivity contribution in [3.63, 3.8) is 0 Å². The van der Waals surface area contributed by atoms with Crippen molar-refractivity contribution in [3.8, 4) is 0 Å². The number of rotatable bonds is 4. The third kappa shape index (κ3) is 3.44. The van der Waals surface area contributed by atoms with Crippen LogP contribution in [-0.2, 0) is 13.6 Å². The molecule has 0 radical (unpaired) electrons. The highest BCUT2D eigenvalue weighted by atomic mass is 127. The largest absolute Gasteiger partial charge is 0.318 e. The lowest BCUT2D eigenvalue weighted by molar-refractivity contribution is 0.101. The van der Waals surface area contributed by atoms with Gasteiger partial charge in [-0.25, -0.2) is 0 Å². The summed E-state index contributed by atoms with van der Waals surface area (Å²) >= 11 is 2.10. The van der Waals surface area contributed by atoms with Crippen molar-refractivity contribution in [1.29, 1.82) is 0 Å². The molecule has 0 bridgehead atoms. The summed E-state index contributed by atoms with van der Waals surface area (Å²) in [5.74, 6) is -0.190. The smallest absolute Gasteiger partial charge is 0.275 e. The highest BCUT2D eigenvalue weighted by Crippen LogP contribution is 2.15. The Balaban J connectivity index is 1.73. The number of anilines is 1. The van der Waals surface area contributed by atoms with Crippen LogP contribution in [0.1, 0.15) is 21.6 Å². The lowest BCUT2D eigenvalue weighted by Crippen LogP contribution is -2.17. The monoisotopic (exact) mass is 421 g/mol. The maximum Gasteiger partial charge on any atom is 0.275 e. The number of amides is 1. The Labute approximate surface area is 147 Å². The van der Waals surface area contributed by atoms with Gasteiger partial charge in [0.1, 0.15) is 5.69 Å². The van der Waals surface area contributed by atoms with Gasteiger partial charge >= 0.3 is 0 Å². The minimum absolute atomic E-state index is 0.190. The van der Waals surface area contributed by atoms with Gasteiger partial charge in [-0.15, -0.1) is 0 Å². The van der Waals surface area contributed by atoms with E-state index in [1.54, 1.807) is 24.1 Å². The zero-order valence-electron chi connectivity index (χ0n) is 12.8. The average Bonchev–Trinajstić information content (AvgIpc) is 3.08. The molecule has 118 valence electrons. The molecule has 0 spiro atoms. The molecule has 3 rings (SSSR count). The molecule has 3 aromatic rings. The van der Waals surface area contributed by atoms with Crippen LogP contribution in [0.5, 0.6) is 0 Å². The molecule has 0 saturated carbocycles. The van der Waals surface area contributed by atoms with Gasteiger partial charge < -0.3 is 5.32 Å². The van der Waals surface area contributed by atoms with Crippen LogP contribution in [0.2, 0.25) is 0 Å². The molecule has 0 unspecified atom stereocenters. The maximum atomic E-state index is 12.3.